The highest BCUT2D eigenvalue weighted by molar-refractivity contribution is 6.47. The maximum absolute atomic E-state index is 14.0. The maximum atomic E-state index is 14.0. The van der Waals surface area contributed by atoms with E-state index >= 15 is 0 Å². The van der Waals surface area contributed by atoms with Crippen molar-refractivity contribution in [3.63, 3.8) is 0 Å². The number of H-pyrrole nitrogens is 1. The van der Waals surface area contributed by atoms with Gasteiger partial charge in [-0.1, -0.05) is 18.2 Å². The van der Waals surface area contributed by atoms with Crippen LogP contribution in [0.4, 0.5) is 10.2 Å². The Morgan fingerprint density at radius 1 is 1.45 bits per heavy atom. The summed E-state index contributed by atoms with van der Waals surface area (Å²) < 4.78 is 20.6. The second kappa shape index (κ2) is 8.22. The first-order valence-electron chi connectivity index (χ1n) is 9.28. The lowest BCUT2D eigenvalue weighted by Crippen LogP contribution is -2.23. The number of fused-ring (bicyclic) bond motifs is 1. The van der Waals surface area contributed by atoms with Gasteiger partial charge in [0.05, 0.1) is 24.2 Å². The van der Waals surface area contributed by atoms with Gasteiger partial charge in [0, 0.05) is 19.2 Å². The van der Waals surface area contributed by atoms with Gasteiger partial charge in [0.25, 0.3) is 0 Å². The Morgan fingerprint density at radius 2 is 2.26 bits per heavy atom. The molecule has 0 radical (unpaired) electrons. The molecule has 1 aliphatic rings. The molecular formula is C20H19FN8O2. The Bertz CT molecular complexity index is 1280. The van der Waals surface area contributed by atoms with Crippen LogP contribution in [-0.4, -0.2) is 38.3 Å². The van der Waals surface area contributed by atoms with Crippen molar-refractivity contribution in [1.82, 2.24) is 19.9 Å². The standard InChI is InChI=1S/C20H19FN8O2/c1-29-16-17(23)26-10-15(27-18(16)28-20(29)30)13(22)8-14(19-24-6-7-31-19)25-9-11-4-2-3-5-12(11)21/h2-8,22,25H,9-10H2,1H3,(H2,23,26)(H,28,30)/b14-8-,22-13?. The first-order valence-corrected chi connectivity index (χ1v) is 9.28. The molecule has 0 aliphatic carbocycles. The number of nitrogens with two attached hydrogens (primary N) is 1. The van der Waals surface area contributed by atoms with Gasteiger partial charge in [-0.15, -0.1) is 0 Å². The van der Waals surface area contributed by atoms with Crippen LogP contribution in [0.5, 0.6) is 0 Å². The molecule has 11 heteroatoms. The van der Waals surface area contributed by atoms with E-state index in [1.54, 1.807) is 25.2 Å². The molecule has 5 N–H and O–H groups in total. The van der Waals surface area contributed by atoms with Crippen molar-refractivity contribution in [1.29, 1.82) is 5.41 Å². The summed E-state index contributed by atoms with van der Waals surface area (Å²) >= 11 is 0. The molecule has 0 saturated heterocycles. The van der Waals surface area contributed by atoms with E-state index in [9.17, 15) is 9.18 Å². The first-order chi connectivity index (χ1) is 14.9. The molecule has 0 fully saturated rings. The van der Waals surface area contributed by atoms with Crippen LogP contribution in [-0.2, 0) is 13.6 Å². The number of amidine groups is 1. The van der Waals surface area contributed by atoms with Crippen LogP contribution in [0.2, 0.25) is 0 Å². The summed E-state index contributed by atoms with van der Waals surface area (Å²) in [5.41, 5.74) is 7.03. The molecule has 10 nitrogen and oxygen atoms in total. The van der Waals surface area contributed by atoms with Crippen LogP contribution in [0.15, 0.2) is 62.0 Å². The monoisotopic (exact) mass is 422 g/mol. The third kappa shape index (κ3) is 4.06. The fourth-order valence-corrected chi connectivity index (χ4v) is 3.03. The SMILES string of the molecule is Cn1c2c([nH]c1=O)N=C(C(=N)/C=C(\NCc1ccccc1F)c1ncco1)CN=C2N. The number of rotatable bonds is 6. The fourth-order valence-electron chi connectivity index (χ4n) is 3.03. The van der Waals surface area contributed by atoms with Gasteiger partial charge < -0.3 is 15.5 Å². The largest absolute Gasteiger partial charge is 0.443 e. The van der Waals surface area contributed by atoms with Crippen molar-refractivity contribution >= 4 is 28.8 Å². The molecule has 158 valence electrons. The van der Waals surface area contributed by atoms with Crippen LogP contribution >= 0.6 is 0 Å². The van der Waals surface area contributed by atoms with Crippen molar-refractivity contribution in [3.05, 3.63) is 76.3 Å². The summed E-state index contributed by atoms with van der Waals surface area (Å²) in [5, 5.41) is 11.6. The normalized spacial score (nSPS) is 13.8. The Hall–Kier alpha value is -4.28. The van der Waals surface area contributed by atoms with Crippen LogP contribution < -0.4 is 16.7 Å². The topological polar surface area (TPSA) is 150 Å². The smallest absolute Gasteiger partial charge is 0.327 e. The highest BCUT2D eigenvalue weighted by atomic mass is 19.1. The number of oxazole rings is 1. The number of aromatic nitrogens is 3. The van der Waals surface area contributed by atoms with Gasteiger partial charge in [-0.25, -0.2) is 19.2 Å². The number of hydrogen-bond donors (Lipinski definition) is 4. The average molecular weight is 422 g/mol. The summed E-state index contributed by atoms with van der Waals surface area (Å²) in [4.78, 5) is 27.2. The number of benzene rings is 1. The van der Waals surface area contributed by atoms with Gasteiger partial charge in [-0.3, -0.25) is 20.0 Å². The number of nitrogens with zero attached hydrogens (tertiary/aromatic N) is 4. The molecule has 3 aromatic rings. The van der Waals surface area contributed by atoms with E-state index in [0.29, 0.717) is 17.0 Å². The van der Waals surface area contributed by atoms with Gasteiger partial charge in [-0.2, -0.15) is 0 Å². The molecule has 0 bridgehead atoms. The zero-order chi connectivity index (χ0) is 22.0. The second-order valence-electron chi connectivity index (χ2n) is 6.70. The lowest BCUT2D eigenvalue weighted by Gasteiger charge is -2.10. The molecule has 2 aromatic heterocycles. The van der Waals surface area contributed by atoms with Gasteiger partial charge in [-0.05, 0) is 12.1 Å². The van der Waals surface area contributed by atoms with Crippen molar-refractivity contribution in [2.24, 2.45) is 22.8 Å². The Morgan fingerprint density at radius 3 is 3.00 bits per heavy atom. The zero-order valence-corrected chi connectivity index (χ0v) is 16.5. The average Bonchev–Trinajstić information content (AvgIpc) is 3.33. The van der Waals surface area contributed by atoms with E-state index < -0.39 is 0 Å². The number of aliphatic imine (C=N–C) groups is 2. The number of imidazole rings is 1. The van der Waals surface area contributed by atoms with Gasteiger partial charge >= 0.3 is 5.69 Å². The summed E-state index contributed by atoms with van der Waals surface area (Å²) in [7, 11) is 1.55. The molecule has 1 aromatic carbocycles. The molecule has 0 amide bonds. The maximum Gasteiger partial charge on any atom is 0.327 e. The summed E-state index contributed by atoms with van der Waals surface area (Å²) in [6.45, 7) is 0.200. The molecule has 0 unspecified atom stereocenters. The number of allylic oxidation sites excluding steroid dienone is 1. The molecule has 0 spiro atoms. The second-order valence-corrected chi connectivity index (χ2v) is 6.70. The Kier molecular flexibility index (Phi) is 5.31. The van der Waals surface area contributed by atoms with Crippen LogP contribution in [0.25, 0.3) is 5.70 Å². The van der Waals surface area contributed by atoms with Crippen molar-refractivity contribution < 1.29 is 8.81 Å². The molecular weight excluding hydrogens is 403 g/mol. The molecule has 31 heavy (non-hydrogen) atoms. The third-order valence-corrected chi connectivity index (χ3v) is 4.67. The number of nitrogens with one attached hydrogen (secondary N) is 3. The van der Waals surface area contributed by atoms with E-state index in [4.69, 9.17) is 15.6 Å². The quantitative estimate of drug-likeness (QED) is 0.444. The summed E-state index contributed by atoms with van der Waals surface area (Å²) in [6.07, 6.45) is 4.32. The van der Waals surface area contributed by atoms with Gasteiger partial charge in [0.1, 0.15) is 29.3 Å². The Labute approximate surface area is 175 Å². The molecule has 4 rings (SSSR count). The molecule has 0 atom stereocenters. The van der Waals surface area contributed by atoms with E-state index in [0.717, 1.165) is 0 Å². The summed E-state index contributed by atoms with van der Waals surface area (Å²) in [5.74, 6) is 0.260. The van der Waals surface area contributed by atoms with Gasteiger partial charge in [0.15, 0.2) is 5.82 Å². The van der Waals surface area contributed by atoms with Gasteiger partial charge in [0.2, 0.25) is 5.89 Å². The van der Waals surface area contributed by atoms with Crippen molar-refractivity contribution in [3.8, 4) is 0 Å². The highest BCUT2D eigenvalue weighted by Crippen LogP contribution is 2.18. The number of aromatic amines is 1. The summed E-state index contributed by atoms with van der Waals surface area (Å²) in [6, 6.07) is 6.37. The minimum atomic E-state index is -0.387. The van der Waals surface area contributed by atoms with Crippen LogP contribution in [0.3, 0.4) is 0 Å². The van der Waals surface area contributed by atoms with Crippen molar-refractivity contribution in [2.45, 2.75) is 6.54 Å². The number of hydrogen-bond acceptors (Lipinski definition) is 8. The van der Waals surface area contributed by atoms with E-state index in [-0.39, 0.29) is 53.6 Å². The van der Waals surface area contributed by atoms with E-state index in [1.165, 1.54) is 29.2 Å². The number of halogens is 1. The van der Waals surface area contributed by atoms with E-state index in [2.05, 4.69) is 25.3 Å². The lowest BCUT2D eigenvalue weighted by molar-refractivity contribution is 0.534. The predicted molar refractivity (Wildman–Crippen MR) is 114 cm³/mol. The zero-order valence-electron chi connectivity index (χ0n) is 16.5. The molecule has 1 aliphatic heterocycles. The minimum Gasteiger partial charge on any atom is -0.443 e. The third-order valence-electron chi connectivity index (χ3n) is 4.67. The van der Waals surface area contributed by atoms with Crippen molar-refractivity contribution in [2.75, 3.05) is 6.54 Å². The fraction of sp³-hybridized carbons (Fsp3) is 0.150. The predicted octanol–water partition coefficient (Wildman–Crippen LogP) is 1.48. The van der Waals surface area contributed by atoms with Crippen LogP contribution in [0, 0.1) is 11.2 Å². The minimum absolute atomic E-state index is 0.00309. The first kappa shape index (κ1) is 20.0. The molecule has 0 saturated carbocycles. The van der Waals surface area contributed by atoms with Crippen LogP contribution in [0.1, 0.15) is 17.1 Å². The highest BCUT2D eigenvalue weighted by Gasteiger charge is 2.20. The van der Waals surface area contributed by atoms with E-state index in [1.807, 2.05) is 0 Å². The molecule has 3 heterocycles. The lowest BCUT2D eigenvalue weighted by atomic mass is 10.1. The Balaban J connectivity index is 1.65.